The van der Waals surface area contributed by atoms with Crippen molar-refractivity contribution in [1.29, 1.82) is 0 Å². The molecule has 1 aromatic carbocycles. The first-order chi connectivity index (χ1) is 10.2. The maximum Gasteiger partial charge on any atom is 0.269 e. The molecule has 0 unspecified atom stereocenters. The minimum absolute atomic E-state index is 0.0778. The second-order valence-corrected chi connectivity index (χ2v) is 4.71. The van der Waals surface area contributed by atoms with Gasteiger partial charge < -0.3 is 10.1 Å². The Kier molecular flexibility index (Phi) is 4.98. The lowest BCUT2D eigenvalue weighted by Crippen LogP contribution is -2.26. The van der Waals surface area contributed by atoms with Gasteiger partial charge in [-0.05, 0) is 43.7 Å². The Morgan fingerprint density at radius 3 is 2.57 bits per heavy atom. The molecule has 1 aromatic heterocycles. The molecule has 0 aliphatic rings. The number of aromatic nitrogens is 2. The summed E-state index contributed by atoms with van der Waals surface area (Å²) in [5, 5.41) is 7.39. The Morgan fingerprint density at radius 2 is 2.00 bits per heavy atom. The second-order valence-electron chi connectivity index (χ2n) is 4.71. The van der Waals surface area contributed by atoms with Crippen LogP contribution in [0.3, 0.4) is 0 Å². The first-order valence-corrected chi connectivity index (χ1v) is 7.20. The maximum absolute atomic E-state index is 12.1. The molecule has 2 rings (SSSR count). The van der Waals surface area contributed by atoms with E-state index in [4.69, 9.17) is 4.74 Å². The lowest BCUT2D eigenvalue weighted by Gasteiger charge is -2.04. The predicted molar refractivity (Wildman–Crippen MR) is 82.5 cm³/mol. The number of hydrogen-bond donors (Lipinski definition) is 1. The van der Waals surface area contributed by atoms with Crippen molar-refractivity contribution in [3.8, 4) is 17.0 Å². The molecule has 0 aliphatic heterocycles. The smallest absolute Gasteiger partial charge is 0.269 e. The maximum atomic E-state index is 12.1. The van der Waals surface area contributed by atoms with Crippen molar-refractivity contribution < 1.29 is 9.53 Å². The van der Waals surface area contributed by atoms with Gasteiger partial charge in [0.15, 0.2) is 0 Å². The summed E-state index contributed by atoms with van der Waals surface area (Å²) in [7, 11) is 1.64. The largest absolute Gasteiger partial charge is 0.497 e. The Hall–Kier alpha value is -2.30. The van der Waals surface area contributed by atoms with E-state index >= 15 is 0 Å². The van der Waals surface area contributed by atoms with Crippen LogP contribution in [0.1, 0.15) is 30.8 Å². The fraction of sp³-hybridized carbons (Fsp3) is 0.375. The van der Waals surface area contributed by atoms with E-state index in [1.165, 1.54) is 0 Å². The minimum atomic E-state index is -0.0778. The van der Waals surface area contributed by atoms with Crippen LogP contribution in [0.5, 0.6) is 5.75 Å². The van der Waals surface area contributed by atoms with Crippen molar-refractivity contribution in [2.24, 2.45) is 0 Å². The molecule has 0 radical (unpaired) electrons. The molecule has 21 heavy (non-hydrogen) atoms. The zero-order valence-corrected chi connectivity index (χ0v) is 12.7. The fourth-order valence-electron chi connectivity index (χ4n) is 2.07. The number of nitrogens with one attached hydrogen (secondary N) is 1. The molecule has 2 aromatic rings. The number of methoxy groups -OCH3 is 1. The molecule has 0 fully saturated rings. The third kappa shape index (κ3) is 3.42. The monoisotopic (exact) mass is 287 g/mol. The van der Waals surface area contributed by atoms with E-state index in [9.17, 15) is 4.79 Å². The molecule has 0 atom stereocenters. The van der Waals surface area contributed by atoms with Crippen LogP contribution in [-0.4, -0.2) is 29.3 Å². The average molecular weight is 287 g/mol. The number of ether oxygens (including phenoxy) is 1. The first-order valence-electron chi connectivity index (χ1n) is 7.20. The molecule has 0 bridgehead atoms. The lowest BCUT2D eigenvalue weighted by atomic mass is 10.1. The molecule has 112 valence electrons. The van der Waals surface area contributed by atoms with Gasteiger partial charge in [0, 0.05) is 18.7 Å². The Bertz CT molecular complexity index is 602. The molecule has 0 saturated heterocycles. The summed E-state index contributed by atoms with van der Waals surface area (Å²) in [5.74, 6) is 0.723. The normalized spacial score (nSPS) is 10.4. The second kappa shape index (κ2) is 6.92. The van der Waals surface area contributed by atoms with Gasteiger partial charge in [-0.1, -0.05) is 6.92 Å². The van der Waals surface area contributed by atoms with Crippen LogP contribution in [0, 0.1) is 0 Å². The number of benzene rings is 1. The van der Waals surface area contributed by atoms with Crippen molar-refractivity contribution in [2.45, 2.75) is 26.8 Å². The number of carbonyl (C=O) groups is 1. The van der Waals surface area contributed by atoms with Gasteiger partial charge >= 0.3 is 0 Å². The summed E-state index contributed by atoms with van der Waals surface area (Å²) in [4.78, 5) is 12.1. The van der Waals surface area contributed by atoms with Gasteiger partial charge in [-0.25, -0.2) is 0 Å². The van der Waals surface area contributed by atoms with Crippen molar-refractivity contribution in [3.63, 3.8) is 0 Å². The van der Waals surface area contributed by atoms with Crippen LogP contribution in [0.25, 0.3) is 11.3 Å². The standard InChI is InChI=1S/C16H21N3O2/c1-4-10-17-16(20)15-11-14(18-19(15)5-2)12-6-8-13(21-3)9-7-12/h6-9,11H,4-5,10H2,1-3H3,(H,17,20). The molecular weight excluding hydrogens is 266 g/mol. The summed E-state index contributed by atoms with van der Waals surface area (Å²) in [5.41, 5.74) is 2.35. The van der Waals surface area contributed by atoms with E-state index < -0.39 is 0 Å². The number of hydrogen-bond acceptors (Lipinski definition) is 3. The molecule has 0 aliphatic carbocycles. The van der Waals surface area contributed by atoms with E-state index in [0.29, 0.717) is 18.8 Å². The predicted octanol–water partition coefficient (Wildman–Crippen LogP) is 2.72. The van der Waals surface area contributed by atoms with Gasteiger partial charge in [-0.2, -0.15) is 5.10 Å². The highest BCUT2D eigenvalue weighted by molar-refractivity contribution is 5.93. The van der Waals surface area contributed by atoms with Crippen LogP contribution >= 0.6 is 0 Å². The van der Waals surface area contributed by atoms with E-state index in [2.05, 4.69) is 10.4 Å². The number of rotatable bonds is 6. The molecule has 1 heterocycles. The zero-order valence-electron chi connectivity index (χ0n) is 12.7. The van der Waals surface area contributed by atoms with Crippen molar-refractivity contribution in [3.05, 3.63) is 36.0 Å². The summed E-state index contributed by atoms with van der Waals surface area (Å²) < 4.78 is 6.87. The van der Waals surface area contributed by atoms with Crippen molar-refractivity contribution >= 4 is 5.91 Å². The SMILES string of the molecule is CCCNC(=O)c1cc(-c2ccc(OC)cc2)nn1CC. The van der Waals surface area contributed by atoms with Crippen LogP contribution < -0.4 is 10.1 Å². The Morgan fingerprint density at radius 1 is 1.29 bits per heavy atom. The zero-order chi connectivity index (χ0) is 15.2. The quantitative estimate of drug-likeness (QED) is 0.888. The first kappa shape index (κ1) is 15.1. The Labute approximate surface area is 124 Å². The van der Waals surface area contributed by atoms with Crippen LogP contribution in [-0.2, 0) is 6.54 Å². The Balaban J connectivity index is 2.28. The highest BCUT2D eigenvalue weighted by atomic mass is 16.5. The van der Waals surface area contributed by atoms with Crippen LogP contribution in [0.4, 0.5) is 0 Å². The highest BCUT2D eigenvalue weighted by Gasteiger charge is 2.14. The molecule has 0 spiro atoms. The molecule has 5 heteroatoms. The van der Waals surface area contributed by atoms with E-state index in [1.54, 1.807) is 11.8 Å². The van der Waals surface area contributed by atoms with Crippen molar-refractivity contribution in [2.75, 3.05) is 13.7 Å². The summed E-state index contributed by atoms with van der Waals surface area (Å²) in [6.45, 7) is 5.33. The van der Waals surface area contributed by atoms with Gasteiger partial charge in [-0.3, -0.25) is 9.48 Å². The fourth-order valence-corrected chi connectivity index (χ4v) is 2.07. The summed E-state index contributed by atoms with van der Waals surface area (Å²) in [6.07, 6.45) is 0.914. The van der Waals surface area contributed by atoms with Crippen LogP contribution in [0.2, 0.25) is 0 Å². The van der Waals surface area contributed by atoms with Crippen molar-refractivity contribution in [1.82, 2.24) is 15.1 Å². The minimum Gasteiger partial charge on any atom is -0.497 e. The van der Waals surface area contributed by atoms with Gasteiger partial charge in [0.05, 0.1) is 12.8 Å². The third-order valence-electron chi connectivity index (χ3n) is 3.23. The highest BCUT2D eigenvalue weighted by Crippen LogP contribution is 2.22. The molecular formula is C16H21N3O2. The number of amides is 1. The number of nitrogens with zero attached hydrogens (tertiary/aromatic N) is 2. The van der Waals surface area contributed by atoms with Gasteiger partial charge in [-0.15, -0.1) is 0 Å². The average Bonchev–Trinajstić information content (AvgIpc) is 2.97. The summed E-state index contributed by atoms with van der Waals surface area (Å²) >= 11 is 0. The van der Waals surface area contributed by atoms with Gasteiger partial charge in [0.1, 0.15) is 11.4 Å². The third-order valence-corrected chi connectivity index (χ3v) is 3.23. The number of aryl methyl sites for hydroxylation is 1. The molecule has 0 saturated carbocycles. The van der Waals surface area contributed by atoms with Gasteiger partial charge in [0.2, 0.25) is 0 Å². The van der Waals surface area contributed by atoms with Gasteiger partial charge in [0.25, 0.3) is 5.91 Å². The van der Waals surface area contributed by atoms with E-state index in [1.807, 2.05) is 44.2 Å². The van der Waals surface area contributed by atoms with E-state index in [0.717, 1.165) is 23.4 Å². The molecule has 1 N–H and O–H groups in total. The van der Waals surface area contributed by atoms with Crippen LogP contribution in [0.15, 0.2) is 30.3 Å². The molecule has 1 amide bonds. The lowest BCUT2D eigenvalue weighted by molar-refractivity contribution is 0.0943. The summed E-state index contributed by atoms with van der Waals surface area (Å²) in [6, 6.07) is 9.48. The number of carbonyl (C=O) groups excluding carboxylic acids is 1. The molecule has 5 nitrogen and oxygen atoms in total. The van der Waals surface area contributed by atoms with E-state index in [-0.39, 0.29) is 5.91 Å². The topological polar surface area (TPSA) is 56.1 Å².